The van der Waals surface area contributed by atoms with Crippen molar-refractivity contribution in [3.8, 4) is 5.69 Å². The largest absolute Gasteiger partial charge is 0.299 e. The quantitative estimate of drug-likeness (QED) is 0.415. The molecule has 0 spiro atoms. The lowest BCUT2D eigenvalue weighted by Crippen LogP contribution is -2.10. The fourth-order valence-corrected chi connectivity index (χ4v) is 4.83. The number of ketones is 1. The number of Topliss-reactive ketones (excluding diaryl/α,β-unsaturated/α-hetero) is 1. The van der Waals surface area contributed by atoms with Gasteiger partial charge in [0.25, 0.3) is 0 Å². The van der Waals surface area contributed by atoms with Crippen molar-refractivity contribution in [3.05, 3.63) is 83.8 Å². The maximum atomic E-state index is 13.2. The predicted molar refractivity (Wildman–Crippen MR) is 121 cm³/mol. The zero-order chi connectivity index (χ0) is 22.1. The normalized spacial score (nSPS) is 18.3. The van der Waals surface area contributed by atoms with Crippen molar-refractivity contribution in [1.82, 2.24) is 19.7 Å². The van der Waals surface area contributed by atoms with Gasteiger partial charge in [0.15, 0.2) is 0 Å². The molecule has 0 aliphatic heterocycles. The van der Waals surface area contributed by atoms with E-state index in [1.54, 1.807) is 12.4 Å². The minimum Gasteiger partial charge on any atom is -0.299 e. The Labute approximate surface area is 186 Å². The lowest BCUT2D eigenvalue weighted by atomic mass is 9.93. The summed E-state index contributed by atoms with van der Waals surface area (Å²) in [4.78, 5) is 21.5. The van der Waals surface area contributed by atoms with E-state index in [0.29, 0.717) is 24.7 Å². The summed E-state index contributed by atoms with van der Waals surface area (Å²) in [5.41, 5.74) is 4.73. The third-order valence-electron chi connectivity index (χ3n) is 6.41. The molecule has 3 heterocycles. The van der Waals surface area contributed by atoms with E-state index in [1.165, 1.54) is 17.7 Å². The third-order valence-corrected chi connectivity index (χ3v) is 6.41. The highest BCUT2D eigenvalue weighted by atomic mass is 19.1. The molecule has 0 saturated heterocycles. The Morgan fingerprint density at radius 3 is 2.75 bits per heavy atom. The van der Waals surface area contributed by atoms with Gasteiger partial charge in [-0.05, 0) is 73.9 Å². The van der Waals surface area contributed by atoms with Crippen LogP contribution < -0.4 is 0 Å². The molecule has 1 saturated carbocycles. The SMILES string of the molecule is Cc1cc(-n2ncc3cc(CC(=O)CC4CCC(c5ccc(F)cc5)C4)ncc32)ccn1. The van der Waals surface area contributed by atoms with E-state index in [1.807, 2.05) is 48.1 Å². The molecule has 1 aliphatic rings. The molecule has 6 heteroatoms. The number of rotatable bonds is 6. The average Bonchev–Trinajstić information content (AvgIpc) is 3.41. The molecule has 5 rings (SSSR count). The van der Waals surface area contributed by atoms with E-state index in [4.69, 9.17) is 0 Å². The highest BCUT2D eigenvalue weighted by Crippen LogP contribution is 2.40. The number of aryl methyl sites for hydroxylation is 1. The summed E-state index contributed by atoms with van der Waals surface area (Å²) in [6.45, 7) is 1.95. The number of carbonyl (C=O) groups is 1. The molecule has 32 heavy (non-hydrogen) atoms. The van der Waals surface area contributed by atoms with Crippen molar-refractivity contribution < 1.29 is 9.18 Å². The molecule has 3 aromatic heterocycles. The van der Waals surface area contributed by atoms with E-state index in [-0.39, 0.29) is 11.6 Å². The summed E-state index contributed by atoms with van der Waals surface area (Å²) in [7, 11) is 0. The fourth-order valence-electron chi connectivity index (χ4n) is 4.83. The first-order valence-corrected chi connectivity index (χ1v) is 11.1. The van der Waals surface area contributed by atoms with Gasteiger partial charge in [-0.1, -0.05) is 12.1 Å². The van der Waals surface area contributed by atoms with Gasteiger partial charge < -0.3 is 0 Å². The van der Waals surface area contributed by atoms with Gasteiger partial charge in [-0.3, -0.25) is 14.8 Å². The molecule has 0 amide bonds. The van der Waals surface area contributed by atoms with Crippen LogP contribution in [0.25, 0.3) is 16.6 Å². The predicted octanol–water partition coefficient (Wildman–Crippen LogP) is 5.35. The van der Waals surface area contributed by atoms with E-state index in [2.05, 4.69) is 15.1 Å². The second-order valence-corrected chi connectivity index (χ2v) is 8.79. The van der Waals surface area contributed by atoms with Crippen molar-refractivity contribution in [1.29, 1.82) is 0 Å². The van der Waals surface area contributed by atoms with Crippen molar-refractivity contribution >= 4 is 16.7 Å². The number of pyridine rings is 2. The molecule has 2 unspecified atom stereocenters. The molecule has 5 nitrogen and oxygen atoms in total. The van der Waals surface area contributed by atoms with Gasteiger partial charge in [-0.2, -0.15) is 5.10 Å². The monoisotopic (exact) mass is 428 g/mol. The van der Waals surface area contributed by atoms with Crippen LogP contribution >= 0.6 is 0 Å². The molecule has 2 atom stereocenters. The summed E-state index contributed by atoms with van der Waals surface area (Å²) >= 11 is 0. The van der Waals surface area contributed by atoms with Crippen LogP contribution in [0.2, 0.25) is 0 Å². The lowest BCUT2D eigenvalue weighted by Gasteiger charge is -2.11. The van der Waals surface area contributed by atoms with E-state index >= 15 is 0 Å². The van der Waals surface area contributed by atoms with Gasteiger partial charge in [0.2, 0.25) is 0 Å². The third kappa shape index (κ3) is 4.31. The first kappa shape index (κ1) is 20.5. The minimum atomic E-state index is -0.204. The van der Waals surface area contributed by atoms with Crippen LogP contribution in [0.4, 0.5) is 4.39 Å². The molecule has 1 aliphatic carbocycles. The van der Waals surface area contributed by atoms with Gasteiger partial charge in [0.1, 0.15) is 11.6 Å². The molecule has 1 aromatic carbocycles. The maximum absolute atomic E-state index is 13.2. The summed E-state index contributed by atoms with van der Waals surface area (Å²) in [6, 6.07) is 12.6. The summed E-state index contributed by atoms with van der Waals surface area (Å²) < 4.78 is 15.0. The average molecular weight is 429 g/mol. The minimum absolute atomic E-state index is 0.204. The molecule has 162 valence electrons. The Morgan fingerprint density at radius 2 is 1.94 bits per heavy atom. The number of hydrogen-bond acceptors (Lipinski definition) is 4. The van der Waals surface area contributed by atoms with Crippen LogP contribution in [0.15, 0.2) is 61.1 Å². The Balaban J connectivity index is 1.23. The summed E-state index contributed by atoms with van der Waals surface area (Å²) in [5.74, 6) is 0.827. The fraction of sp³-hybridized carbons (Fsp3) is 0.308. The zero-order valence-electron chi connectivity index (χ0n) is 18.0. The second-order valence-electron chi connectivity index (χ2n) is 8.79. The molecule has 1 fully saturated rings. The number of nitrogens with zero attached hydrogens (tertiary/aromatic N) is 4. The van der Waals surface area contributed by atoms with E-state index in [0.717, 1.165) is 47.2 Å². The summed E-state index contributed by atoms with van der Waals surface area (Å²) in [5, 5.41) is 5.46. The molecular weight excluding hydrogens is 403 g/mol. The molecule has 0 N–H and O–H groups in total. The van der Waals surface area contributed by atoms with Gasteiger partial charge in [0.05, 0.1) is 23.6 Å². The number of aromatic nitrogens is 4. The Morgan fingerprint density at radius 1 is 1.09 bits per heavy atom. The van der Waals surface area contributed by atoms with Crippen LogP contribution in [-0.4, -0.2) is 25.5 Å². The van der Waals surface area contributed by atoms with Gasteiger partial charge in [-0.25, -0.2) is 9.07 Å². The zero-order valence-corrected chi connectivity index (χ0v) is 18.0. The number of carbonyl (C=O) groups excluding carboxylic acids is 1. The van der Waals surface area contributed by atoms with E-state index in [9.17, 15) is 9.18 Å². The van der Waals surface area contributed by atoms with Crippen LogP contribution in [0.1, 0.15) is 48.6 Å². The van der Waals surface area contributed by atoms with Crippen LogP contribution in [-0.2, 0) is 11.2 Å². The smallest absolute Gasteiger partial charge is 0.139 e. The number of hydrogen-bond donors (Lipinski definition) is 0. The highest BCUT2D eigenvalue weighted by Gasteiger charge is 2.27. The van der Waals surface area contributed by atoms with Crippen LogP contribution in [0.5, 0.6) is 0 Å². The van der Waals surface area contributed by atoms with Gasteiger partial charge in [0, 0.05) is 35.8 Å². The molecular formula is C26H25FN4O. The number of halogens is 1. The second kappa shape index (κ2) is 8.61. The Hall–Kier alpha value is -3.41. The highest BCUT2D eigenvalue weighted by molar-refractivity contribution is 5.84. The number of fused-ring (bicyclic) bond motifs is 1. The van der Waals surface area contributed by atoms with Crippen molar-refractivity contribution in [2.45, 2.75) is 44.9 Å². The Bertz CT molecular complexity index is 1260. The van der Waals surface area contributed by atoms with Crippen LogP contribution in [0.3, 0.4) is 0 Å². The summed E-state index contributed by atoms with van der Waals surface area (Å²) in [6.07, 6.45) is 9.37. The van der Waals surface area contributed by atoms with Crippen molar-refractivity contribution in [3.63, 3.8) is 0 Å². The standard InChI is InChI=1S/C26H25FN4O/c1-17-10-24(8-9-28-17)31-26-16-29-23(13-21(26)15-30-31)14-25(32)12-18-2-3-20(11-18)19-4-6-22(27)7-5-19/h4-10,13,15-16,18,20H,2-3,11-12,14H2,1H3. The van der Waals surface area contributed by atoms with Gasteiger partial charge in [-0.15, -0.1) is 0 Å². The first-order valence-electron chi connectivity index (χ1n) is 11.1. The maximum Gasteiger partial charge on any atom is 0.139 e. The van der Waals surface area contributed by atoms with E-state index < -0.39 is 0 Å². The lowest BCUT2D eigenvalue weighted by molar-refractivity contribution is -0.119. The number of benzene rings is 1. The molecule has 0 radical (unpaired) electrons. The van der Waals surface area contributed by atoms with Crippen molar-refractivity contribution in [2.75, 3.05) is 0 Å². The topological polar surface area (TPSA) is 60.7 Å². The first-order chi connectivity index (χ1) is 15.5. The molecule has 0 bridgehead atoms. The van der Waals surface area contributed by atoms with Crippen LogP contribution in [0, 0.1) is 18.7 Å². The van der Waals surface area contributed by atoms with Gasteiger partial charge >= 0.3 is 0 Å². The van der Waals surface area contributed by atoms with Crippen molar-refractivity contribution in [2.24, 2.45) is 5.92 Å². The Kier molecular flexibility index (Phi) is 5.52. The molecule has 4 aromatic rings.